The number of ether oxygens (including phenoxy) is 2. The standard InChI is InChI=1S/C18H26N2O3/c1-22-15-6-4-14(5-7-15)18(13-2-3-13)20-17(21)12-23-16-8-10-19-11-9-16/h4-7,13,16,18-19H,2-3,8-12H2,1H3,(H,20,21). The quantitative estimate of drug-likeness (QED) is 0.808. The van der Waals surface area contributed by atoms with Gasteiger partial charge in [-0.05, 0) is 62.4 Å². The molecule has 3 rings (SSSR count). The molecule has 1 atom stereocenters. The van der Waals surface area contributed by atoms with E-state index in [1.165, 1.54) is 12.8 Å². The summed E-state index contributed by atoms with van der Waals surface area (Å²) in [6, 6.07) is 8.06. The second-order valence-corrected chi connectivity index (χ2v) is 6.42. The largest absolute Gasteiger partial charge is 0.497 e. The zero-order valence-corrected chi connectivity index (χ0v) is 13.7. The summed E-state index contributed by atoms with van der Waals surface area (Å²) in [4.78, 5) is 12.2. The molecule has 1 aromatic carbocycles. The van der Waals surface area contributed by atoms with Crippen LogP contribution in [0.1, 0.15) is 37.3 Å². The number of piperidine rings is 1. The van der Waals surface area contributed by atoms with Gasteiger partial charge in [0.2, 0.25) is 5.91 Å². The second-order valence-electron chi connectivity index (χ2n) is 6.42. The number of nitrogens with one attached hydrogen (secondary N) is 2. The summed E-state index contributed by atoms with van der Waals surface area (Å²) in [6.45, 7) is 2.11. The smallest absolute Gasteiger partial charge is 0.246 e. The topological polar surface area (TPSA) is 59.6 Å². The number of carbonyl (C=O) groups excluding carboxylic acids is 1. The van der Waals surface area contributed by atoms with Gasteiger partial charge in [0, 0.05) is 0 Å². The van der Waals surface area contributed by atoms with Gasteiger partial charge in [-0.2, -0.15) is 0 Å². The zero-order chi connectivity index (χ0) is 16.1. The maximum absolute atomic E-state index is 12.2. The average Bonchev–Trinajstić information content (AvgIpc) is 3.44. The normalized spacial score (nSPS) is 20.0. The summed E-state index contributed by atoms with van der Waals surface area (Å²) < 4.78 is 10.9. The molecular formula is C18H26N2O3. The van der Waals surface area contributed by atoms with E-state index in [0.29, 0.717) is 5.92 Å². The Morgan fingerprint density at radius 3 is 2.52 bits per heavy atom. The van der Waals surface area contributed by atoms with Crippen LogP contribution in [0.5, 0.6) is 5.75 Å². The number of rotatable bonds is 7. The fourth-order valence-corrected chi connectivity index (χ4v) is 3.08. The number of hydrogen-bond acceptors (Lipinski definition) is 4. The van der Waals surface area contributed by atoms with Gasteiger partial charge in [-0.15, -0.1) is 0 Å². The Bertz CT molecular complexity index is 508. The molecule has 5 nitrogen and oxygen atoms in total. The van der Waals surface area contributed by atoms with E-state index in [0.717, 1.165) is 37.2 Å². The minimum absolute atomic E-state index is 0.0174. The fraction of sp³-hybridized carbons (Fsp3) is 0.611. The van der Waals surface area contributed by atoms with Gasteiger partial charge in [0.1, 0.15) is 12.4 Å². The van der Waals surface area contributed by atoms with E-state index >= 15 is 0 Å². The highest BCUT2D eigenvalue weighted by Gasteiger charge is 2.33. The number of benzene rings is 1. The Hall–Kier alpha value is -1.59. The van der Waals surface area contributed by atoms with Gasteiger partial charge in [-0.25, -0.2) is 0 Å². The summed E-state index contributed by atoms with van der Waals surface area (Å²) in [7, 11) is 1.66. The molecule has 1 aliphatic carbocycles. The van der Waals surface area contributed by atoms with Crippen LogP contribution in [0.15, 0.2) is 24.3 Å². The van der Waals surface area contributed by atoms with Crippen LogP contribution < -0.4 is 15.4 Å². The minimum Gasteiger partial charge on any atom is -0.497 e. The number of hydrogen-bond donors (Lipinski definition) is 2. The summed E-state index contributed by atoms with van der Waals surface area (Å²) in [6.07, 6.45) is 4.52. The third-order valence-electron chi connectivity index (χ3n) is 4.62. The van der Waals surface area contributed by atoms with Gasteiger partial charge in [0.05, 0.1) is 19.3 Å². The highest BCUT2D eigenvalue weighted by molar-refractivity contribution is 5.77. The van der Waals surface area contributed by atoms with E-state index in [4.69, 9.17) is 9.47 Å². The molecule has 23 heavy (non-hydrogen) atoms. The molecule has 2 fully saturated rings. The van der Waals surface area contributed by atoms with Crippen LogP contribution in [-0.4, -0.2) is 38.8 Å². The van der Waals surface area contributed by atoms with Crippen molar-refractivity contribution in [2.45, 2.75) is 37.8 Å². The molecule has 126 valence electrons. The van der Waals surface area contributed by atoms with E-state index in [1.54, 1.807) is 7.11 Å². The van der Waals surface area contributed by atoms with Crippen molar-refractivity contribution >= 4 is 5.91 Å². The van der Waals surface area contributed by atoms with Crippen molar-refractivity contribution in [1.29, 1.82) is 0 Å². The fourth-order valence-electron chi connectivity index (χ4n) is 3.08. The first-order valence-electron chi connectivity index (χ1n) is 8.52. The molecule has 2 N–H and O–H groups in total. The first kappa shape index (κ1) is 16.3. The molecule has 1 amide bonds. The number of amides is 1. The van der Waals surface area contributed by atoms with Crippen molar-refractivity contribution in [3.8, 4) is 5.75 Å². The van der Waals surface area contributed by atoms with Crippen LogP contribution in [-0.2, 0) is 9.53 Å². The van der Waals surface area contributed by atoms with Gasteiger partial charge < -0.3 is 20.1 Å². The highest BCUT2D eigenvalue weighted by Crippen LogP contribution is 2.41. The Morgan fingerprint density at radius 2 is 1.91 bits per heavy atom. The van der Waals surface area contributed by atoms with Gasteiger partial charge in [0.15, 0.2) is 0 Å². The third-order valence-corrected chi connectivity index (χ3v) is 4.62. The molecule has 0 aromatic heterocycles. The molecule has 5 heteroatoms. The molecule has 0 radical (unpaired) electrons. The van der Waals surface area contributed by atoms with E-state index in [1.807, 2.05) is 24.3 Å². The van der Waals surface area contributed by atoms with Crippen molar-refractivity contribution < 1.29 is 14.3 Å². The number of methoxy groups -OCH3 is 1. The lowest BCUT2D eigenvalue weighted by Gasteiger charge is -2.24. The zero-order valence-electron chi connectivity index (χ0n) is 13.7. The van der Waals surface area contributed by atoms with E-state index < -0.39 is 0 Å². The van der Waals surface area contributed by atoms with Crippen molar-refractivity contribution in [2.75, 3.05) is 26.8 Å². The summed E-state index contributed by atoms with van der Waals surface area (Å²) in [5, 5.41) is 6.45. The van der Waals surface area contributed by atoms with E-state index in [9.17, 15) is 4.79 Å². The Balaban J connectivity index is 1.52. The molecule has 1 aliphatic heterocycles. The van der Waals surface area contributed by atoms with E-state index in [-0.39, 0.29) is 24.7 Å². The first-order valence-corrected chi connectivity index (χ1v) is 8.52. The van der Waals surface area contributed by atoms with Gasteiger partial charge in [0.25, 0.3) is 0 Å². The van der Waals surface area contributed by atoms with Crippen LogP contribution in [0.25, 0.3) is 0 Å². The Morgan fingerprint density at radius 1 is 1.22 bits per heavy atom. The predicted octanol–water partition coefficient (Wildman–Crippen LogP) is 2.03. The van der Waals surface area contributed by atoms with Gasteiger partial charge in [-0.3, -0.25) is 4.79 Å². The molecular weight excluding hydrogens is 292 g/mol. The molecule has 0 bridgehead atoms. The van der Waals surface area contributed by atoms with Crippen molar-refractivity contribution in [3.05, 3.63) is 29.8 Å². The predicted molar refractivity (Wildman–Crippen MR) is 88.4 cm³/mol. The van der Waals surface area contributed by atoms with Crippen LogP contribution in [0.3, 0.4) is 0 Å². The monoisotopic (exact) mass is 318 g/mol. The van der Waals surface area contributed by atoms with Gasteiger partial charge >= 0.3 is 0 Å². The highest BCUT2D eigenvalue weighted by atomic mass is 16.5. The minimum atomic E-state index is -0.0174. The average molecular weight is 318 g/mol. The lowest BCUT2D eigenvalue weighted by atomic mass is 10.0. The summed E-state index contributed by atoms with van der Waals surface area (Å²) >= 11 is 0. The molecule has 1 aromatic rings. The van der Waals surface area contributed by atoms with Crippen molar-refractivity contribution in [1.82, 2.24) is 10.6 Å². The van der Waals surface area contributed by atoms with Crippen LogP contribution in [0, 0.1) is 5.92 Å². The molecule has 1 saturated carbocycles. The van der Waals surface area contributed by atoms with Crippen LogP contribution >= 0.6 is 0 Å². The van der Waals surface area contributed by atoms with E-state index in [2.05, 4.69) is 10.6 Å². The maximum Gasteiger partial charge on any atom is 0.246 e. The first-order chi connectivity index (χ1) is 11.3. The SMILES string of the molecule is COc1ccc(C(NC(=O)COC2CCNCC2)C2CC2)cc1. The Labute approximate surface area is 137 Å². The van der Waals surface area contributed by atoms with Crippen molar-refractivity contribution in [3.63, 3.8) is 0 Å². The molecule has 0 spiro atoms. The third kappa shape index (κ3) is 4.69. The maximum atomic E-state index is 12.2. The molecule has 1 saturated heterocycles. The molecule has 1 heterocycles. The lowest BCUT2D eigenvalue weighted by molar-refractivity contribution is -0.129. The summed E-state index contributed by atoms with van der Waals surface area (Å²) in [5.74, 6) is 1.37. The Kier molecular flexibility index (Phi) is 5.51. The number of carbonyl (C=O) groups is 1. The molecule has 2 aliphatic rings. The second kappa shape index (κ2) is 7.79. The van der Waals surface area contributed by atoms with Gasteiger partial charge in [-0.1, -0.05) is 12.1 Å². The molecule has 1 unspecified atom stereocenters. The van der Waals surface area contributed by atoms with Crippen molar-refractivity contribution in [2.24, 2.45) is 5.92 Å². The lowest BCUT2D eigenvalue weighted by Crippen LogP contribution is -2.37. The summed E-state index contributed by atoms with van der Waals surface area (Å²) in [5.41, 5.74) is 1.14. The van der Waals surface area contributed by atoms with Crippen LogP contribution in [0.2, 0.25) is 0 Å². The van der Waals surface area contributed by atoms with Crippen LogP contribution in [0.4, 0.5) is 0 Å².